The lowest BCUT2D eigenvalue weighted by Crippen LogP contribution is -1.87. The van der Waals surface area contributed by atoms with Gasteiger partial charge in [0.1, 0.15) is 12.0 Å². The Morgan fingerprint density at radius 1 is 0.739 bits per heavy atom. The Morgan fingerprint density at radius 3 is 2.43 bits per heavy atom. The van der Waals surface area contributed by atoms with E-state index >= 15 is 0 Å². The Balaban J connectivity index is 2.11. The molecule has 2 heteroatoms. The maximum absolute atomic E-state index is 11.0. The van der Waals surface area contributed by atoms with E-state index in [1.54, 1.807) is 12.1 Å². The molecule has 0 unspecified atom stereocenters. The first-order valence-corrected chi connectivity index (χ1v) is 7.47. The van der Waals surface area contributed by atoms with Gasteiger partial charge in [-0.3, -0.25) is 4.79 Å². The minimum atomic E-state index is 0.243. The molecular weight excluding hydrogens is 284 g/mol. The number of aromatic hydroxyl groups is 1. The average molecular weight is 298 g/mol. The van der Waals surface area contributed by atoms with Crippen molar-refractivity contribution < 1.29 is 9.90 Å². The van der Waals surface area contributed by atoms with Crippen molar-refractivity contribution in [1.29, 1.82) is 0 Å². The molecule has 0 fully saturated rings. The number of phenolic OH excluding ortho intramolecular Hbond substituents is 1. The van der Waals surface area contributed by atoms with Crippen LogP contribution < -0.4 is 0 Å². The first kappa shape index (κ1) is 13.5. The largest absolute Gasteiger partial charge is 0.507 e. The quantitative estimate of drug-likeness (QED) is 0.518. The van der Waals surface area contributed by atoms with E-state index < -0.39 is 0 Å². The second-order valence-electron chi connectivity index (χ2n) is 5.58. The van der Waals surface area contributed by atoms with Crippen LogP contribution in [0, 0.1) is 0 Å². The van der Waals surface area contributed by atoms with Gasteiger partial charge >= 0.3 is 0 Å². The van der Waals surface area contributed by atoms with E-state index in [1.165, 1.54) is 0 Å². The van der Waals surface area contributed by atoms with E-state index in [0.717, 1.165) is 39.0 Å². The Morgan fingerprint density at radius 2 is 1.57 bits per heavy atom. The molecule has 0 aliphatic rings. The fourth-order valence-electron chi connectivity index (χ4n) is 3.14. The van der Waals surface area contributed by atoms with E-state index in [-0.39, 0.29) is 5.75 Å². The number of rotatable bonds is 2. The zero-order valence-corrected chi connectivity index (χ0v) is 12.4. The van der Waals surface area contributed by atoms with Crippen molar-refractivity contribution in [1.82, 2.24) is 0 Å². The molecule has 0 spiro atoms. The molecule has 0 radical (unpaired) electrons. The van der Waals surface area contributed by atoms with E-state index in [4.69, 9.17) is 0 Å². The Labute approximate surface area is 133 Å². The molecule has 0 bridgehead atoms. The molecule has 0 aromatic heterocycles. The highest BCUT2D eigenvalue weighted by atomic mass is 16.3. The number of benzene rings is 4. The van der Waals surface area contributed by atoms with Gasteiger partial charge in [-0.05, 0) is 39.2 Å². The molecule has 4 aromatic rings. The van der Waals surface area contributed by atoms with Gasteiger partial charge in [0.15, 0.2) is 0 Å². The summed E-state index contributed by atoms with van der Waals surface area (Å²) in [6, 6.07) is 23.2. The maximum Gasteiger partial charge on any atom is 0.150 e. The average Bonchev–Trinajstić information content (AvgIpc) is 2.61. The number of phenols is 1. The monoisotopic (exact) mass is 298 g/mol. The third-order valence-corrected chi connectivity index (χ3v) is 4.22. The number of fused-ring (bicyclic) bond motifs is 2. The Kier molecular flexibility index (Phi) is 3.09. The molecule has 4 rings (SSSR count). The second-order valence-corrected chi connectivity index (χ2v) is 5.58. The highest BCUT2D eigenvalue weighted by Crippen LogP contribution is 2.39. The van der Waals surface area contributed by atoms with Gasteiger partial charge in [-0.2, -0.15) is 0 Å². The van der Waals surface area contributed by atoms with Gasteiger partial charge in [0.25, 0.3) is 0 Å². The van der Waals surface area contributed by atoms with Crippen LogP contribution in [0.1, 0.15) is 10.4 Å². The first-order chi connectivity index (χ1) is 11.3. The first-order valence-electron chi connectivity index (χ1n) is 7.47. The summed E-state index contributed by atoms with van der Waals surface area (Å²) < 4.78 is 0. The van der Waals surface area contributed by atoms with Crippen molar-refractivity contribution in [3.05, 3.63) is 78.4 Å². The van der Waals surface area contributed by atoms with Crippen LogP contribution >= 0.6 is 0 Å². The number of hydrogen-bond acceptors (Lipinski definition) is 2. The fourth-order valence-corrected chi connectivity index (χ4v) is 3.14. The van der Waals surface area contributed by atoms with Crippen molar-refractivity contribution >= 4 is 27.8 Å². The minimum absolute atomic E-state index is 0.243. The topological polar surface area (TPSA) is 37.3 Å². The molecular formula is C21H14O2. The van der Waals surface area contributed by atoms with Gasteiger partial charge in [0.2, 0.25) is 0 Å². The molecule has 0 atom stereocenters. The zero-order valence-electron chi connectivity index (χ0n) is 12.4. The highest BCUT2D eigenvalue weighted by Gasteiger charge is 2.12. The molecule has 0 heterocycles. The molecule has 1 N–H and O–H groups in total. The summed E-state index contributed by atoms with van der Waals surface area (Å²) >= 11 is 0. The summed E-state index contributed by atoms with van der Waals surface area (Å²) in [5, 5.41) is 14.6. The maximum atomic E-state index is 11.0. The van der Waals surface area contributed by atoms with E-state index in [0.29, 0.717) is 5.56 Å². The molecule has 2 nitrogen and oxygen atoms in total. The SMILES string of the molecule is O=Cc1ccc2c(-c3cccc4ccccc34)c(O)ccc2c1. The third-order valence-electron chi connectivity index (χ3n) is 4.22. The molecule has 0 amide bonds. The van der Waals surface area contributed by atoms with Crippen molar-refractivity contribution in [2.24, 2.45) is 0 Å². The van der Waals surface area contributed by atoms with Crippen LogP contribution in [0.5, 0.6) is 5.75 Å². The number of hydrogen-bond donors (Lipinski definition) is 1. The van der Waals surface area contributed by atoms with Gasteiger partial charge in [-0.25, -0.2) is 0 Å². The van der Waals surface area contributed by atoms with Crippen LogP contribution in [0.15, 0.2) is 72.8 Å². The van der Waals surface area contributed by atoms with Crippen LogP contribution in [0.25, 0.3) is 32.7 Å². The second kappa shape index (κ2) is 5.25. The summed E-state index contributed by atoms with van der Waals surface area (Å²) in [7, 11) is 0. The minimum Gasteiger partial charge on any atom is -0.507 e. The smallest absolute Gasteiger partial charge is 0.150 e. The van der Waals surface area contributed by atoms with Crippen molar-refractivity contribution in [2.45, 2.75) is 0 Å². The third kappa shape index (κ3) is 2.16. The van der Waals surface area contributed by atoms with E-state index in [1.807, 2.05) is 42.5 Å². The highest BCUT2D eigenvalue weighted by molar-refractivity contribution is 6.08. The molecule has 0 saturated carbocycles. The molecule has 0 saturated heterocycles. The summed E-state index contributed by atoms with van der Waals surface area (Å²) in [6.07, 6.45) is 0.837. The Hall–Kier alpha value is -3.13. The van der Waals surface area contributed by atoms with Crippen molar-refractivity contribution in [3.8, 4) is 16.9 Å². The van der Waals surface area contributed by atoms with Crippen LogP contribution in [0.3, 0.4) is 0 Å². The summed E-state index contributed by atoms with van der Waals surface area (Å²) in [4.78, 5) is 11.0. The number of aldehydes is 1. The molecule has 0 aliphatic heterocycles. The summed E-state index contributed by atoms with van der Waals surface area (Å²) in [6.45, 7) is 0. The lowest BCUT2D eigenvalue weighted by molar-refractivity contribution is 0.112. The number of carbonyl (C=O) groups excluding carboxylic acids is 1. The fraction of sp³-hybridized carbons (Fsp3) is 0. The molecule has 4 aromatic carbocycles. The molecule has 0 aliphatic carbocycles. The normalized spacial score (nSPS) is 11.0. The van der Waals surface area contributed by atoms with Crippen LogP contribution in [-0.2, 0) is 0 Å². The number of carbonyl (C=O) groups is 1. The van der Waals surface area contributed by atoms with Gasteiger partial charge in [0.05, 0.1) is 0 Å². The predicted molar refractivity (Wildman–Crippen MR) is 93.9 cm³/mol. The lowest BCUT2D eigenvalue weighted by atomic mass is 9.92. The molecule has 110 valence electrons. The van der Waals surface area contributed by atoms with Gasteiger partial charge < -0.3 is 5.11 Å². The lowest BCUT2D eigenvalue weighted by Gasteiger charge is -2.12. The van der Waals surface area contributed by atoms with Crippen LogP contribution in [-0.4, -0.2) is 11.4 Å². The van der Waals surface area contributed by atoms with Crippen molar-refractivity contribution in [3.63, 3.8) is 0 Å². The van der Waals surface area contributed by atoms with Crippen LogP contribution in [0.2, 0.25) is 0 Å². The van der Waals surface area contributed by atoms with Gasteiger partial charge in [0, 0.05) is 11.1 Å². The zero-order chi connectivity index (χ0) is 15.8. The summed E-state index contributed by atoms with van der Waals surface area (Å²) in [5.41, 5.74) is 2.42. The van der Waals surface area contributed by atoms with Gasteiger partial charge in [-0.15, -0.1) is 0 Å². The van der Waals surface area contributed by atoms with Crippen molar-refractivity contribution in [2.75, 3.05) is 0 Å². The van der Waals surface area contributed by atoms with Gasteiger partial charge in [-0.1, -0.05) is 60.7 Å². The van der Waals surface area contributed by atoms with Crippen LogP contribution in [0.4, 0.5) is 0 Å². The molecule has 23 heavy (non-hydrogen) atoms. The predicted octanol–water partition coefficient (Wildman–Crippen LogP) is 5.18. The standard InChI is InChI=1S/C21H14O2/c22-13-14-8-10-18-16(12-14)9-11-20(23)21(18)19-7-3-5-15-4-1-2-6-17(15)19/h1-13,23H. The van der Waals surface area contributed by atoms with E-state index in [2.05, 4.69) is 18.2 Å². The van der Waals surface area contributed by atoms with E-state index in [9.17, 15) is 9.90 Å². The summed E-state index contributed by atoms with van der Waals surface area (Å²) in [5.74, 6) is 0.243. The Bertz CT molecular complexity index is 1040.